The van der Waals surface area contributed by atoms with E-state index in [0.717, 1.165) is 18.7 Å². The predicted molar refractivity (Wildman–Crippen MR) is 83.6 cm³/mol. The standard InChI is InChI=1S/C17H25N3/c1-5-14-6-8-15(9-7-14)17(12(2)3)18-10-16-11-19-20-13(16)4/h6-9,11-12,17-18H,5,10H2,1-4H3,(H,19,20). The number of nitrogens with one attached hydrogen (secondary N) is 2. The van der Waals surface area contributed by atoms with E-state index in [1.807, 2.05) is 6.20 Å². The van der Waals surface area contributed by atoms with Gasteiger partial charge in [0.1, 0.15) is 0 Å². The summed E-state index contributed by atoms with van der Waals surface area (Å²) in [5.74, 6) is 0.551. The topological polar surface area (TPSA) is 40.7 Å². The number of hydrogen-bond acceptors (Lipinski definition) is 2. The predicted octanol–water partition coefficient (Wildman–Crippen LogP) is 3.77. The van der Waals surface area contributed by atoms with Crippen molar-refractivity contribution < 1.29 is 0 Å². The molecular weight excluding hydrogens is 246 g/mol. The van der Waals surface area contributed by atoms with Gasteiger partial charge in [-0.25, -0.2) is 0 Å². The van der Waals surface area contributed by atoms with Gasteiger partial charge in [0.2, 0.25) is 0 Å². The van der Waals surface area contributed by atoms with Crippen molar-refractivity contribution in [2.24, 2.45) is 5.92 Å². The lowest BCUT2D eigenvalue weighted by atomic mass is 9.94. The molecule has 0 bridgehead atoms. The summed E-state index contributed by atoms with van der Waals surface area (Å²) in [5, 5.41) is 10.7. The molecule has 1 atom stereocenters. The molecule has 0 fully saturated rings. The molecule has 0 aliphatic carbocycles. The minimum absolute atomic E-state index is 0.371. The Balaban J connectivity index is 2.08. The monoisotopic (exact) mass is 271 g/mol. The van der Waals surface area contributed by atoms with Crippen LogP contribution in [-0.4, -0.2) is 10.2 Å². The Bertz CT molecular complexity index is 525. The highest BCUT2D eigenvalue weighted by atomic mass is 15.1. The van der Waals surface area contributed by atoms with Gasteiger partial charge in [-0.05, 0) is 30.4 Å². The van der Waals surface area contributed by atoms with E-state index in [9.17, 15) is 0 Å². The Hall–Kier alpha value is -1.61. The van der Waals surface area contributed by atoms with Gasteiger partial charge in [-0.2, -0.15) is 5.10 Å². The SMILES string of the molecule is CCc1ccc(C(NCc2cn[nH]c2C)C(C)C)cc1. The molecule has 0 aliphatic heterocycles. The molecule has 0 amide bonds. The first-order valence-electron chi connectivity index (χ1n) is 7.42. The van der Waals surface area contributed by atoms with E-state index in [4.69, 9.17) is 0 Å². The summed E-state index contributed by atoms with van der Waals surface area (Å²) in [5.41, 5.74) is 5.13. The zero-order valence-electron chi connectivity index (χ0n) is 12.9. The van der Waals surface area contributed by atoms with Crippen molar-refractivity contribution in [3.63, 3.8) is 0 Å². The van der Waals surface area contributed by atoms with E-state index < -0.39 is 0 Å². The average molecular weight is 271 g/mol. The minimum atomic E-state index is 0.371. The fourth-order valence-corrected chi connectivity index (χ4v) is 2.47. The molecule has 2 aromatic rings. The van der Waals surface area contributed by atoms with Gasteiger partial charge < -0.3 is 5.32 Å². The zero-order chi connectivity index (χ0) is 14.5. The maximum atomic E-state index is 4.07. The van der Waals surface area contributed by atoms with Gasteiger partial charge in [-0.1, -0.05) is 45.0 Å². The fraction of sp³-hybridized carbons (Fsp3) is 0.471. The second-order valence-corrected chi connectivity index (χ2v) is 5.72. The number of rotatable bonds is 6. The van der Waals surface area contributed by atoms with E-state index in [-0.39, 0.29) is 0 Å². The second-order valence-electron chi connectivity index (χ2n) is 5.72. The highest BCUT2D eigenvalue weighted by Gasteiger charge is 2.15. The lowest BCUT2D eigenvalue weighted by Crippen LogP contribution is -2.25. The summed E-state index contributed by atoms with van der Waals surface area (Å²) in [6.07, 6.45) is 2.99. The molecule has 108 valence electrons. The van der Waals surface area contributed by atoms with Crippen molar-refractivity contribution in [3.8, 4) is 0 Å². The molecule has 3 heteroatoms. The third kappa shape index (κ3) is 3.48. The number of aromatic nitrogens is 2. The van der Waals surface area contributed by atoms with Gasteiger partial charge in [0.05, 0.1) is 6.20 Å². The average Bonchev–Trinajstić information content (AvgIpc) is 2.85. The Labute approximate surface area is 121 Å². The number of aromatic amines is 1. The number of nitrogens with zero attached hydrogens (tertiary/aromatic N) is 1. The van der Waals surface area contributed by atoms with Crippen molar-refractivity contribution in [3.05, 3.63) is 52.8 Å². The molecule has 1 aromatic heterocycles. The van der Waals surface area contributed by atoms with Crippen LogP contribution in [0.1, 0.15) is 49.2 Å². The van der Waals surface area contributed by atoms with Crippen molar-refractivity contribution >= 4 is 0 Å². The maximum absolute atomic E-state index is 4.07. The highest BCUT2D eigenvalue weighted by Crippen LogP contribution is 2.23. The normalized spacial score (nSPS) is 12.8. The minimum Gasteiger partial charge on any atom is -0.306 e. The molecule has 0 radical (unpaired) electrons. The Morgan fingerprint density at radius 1 is 1.20 bits per heavy atom. The van der Waals surface area contributed by atoms with Crippen LogP contribution in [0.4, 0.5) is 0 Å². The quantitative estimate of drug-likeness (QED) is 0.839. The van der Waals surface area contributed by atoms with Crippen LogP contribution in [-0.2, 0) is 13.0 Å². The first-order valence-corrected chi connectivity index (χ1v) is 7.42. The van der Waals surface area contributed by atoms with Crippen LogP contribution >= 0.6 is 0 Å². The zero-order valence-corrected chi connectivity index (χ0v) is 12.9. The molecule has 0 spiro atoms. The third-order valence-corrected chi connectivity index (χ3v) is 3.86. The van der Waals surface area contributed by atoms with Crippen LogP contribution in [0.5, 0.6) is 0 Å². The molecule has 2 rings (SSSR count). The van der Waals surface area contributed by atoms with E-state index in [1.165, 1.54) is 16.7 Å². The molecule has 0 saturated carbocycles. The van der Waals surface area contributed by atoms with Gasteiger partial charge in [-0.15, -0.1) is 0 Å². The summed E-state index contributed by atoms with van der Waals surface area (Å²) < 4.78 is 0. The molecule has 1 unspecified atom stereocenters. The summed E-state index contributed by atoms with van der Waals surface area (Å²) >= 11 is 0. The molecule has 20 heavy (non-hydrogen) atoms. The van der Waals surface area contributed by atoms with Gasteiger partial charge >= 0.3 is 0 Å². The van der Waals surface area contributed by atoms with Gasteiger partial charge in [0, 0.05) is 23.8 Å². The molecule has 2 N–H and O–H groups in total. The van der Waals surface area contributed by atoms with E-state index in [1.54, 1.807) is 0 Å². The molecule has 1 aromatic carbocycles. The van der Waals surface area contributed by atoms with Crippen LogP contribution < -0.4 is 5.32 Å². The van der Waals surface area contributed by atoms with E-state index in [0.29, 0.717) is 12.0 Å². The van der Waals surface area contributed by atoms with Gasteiger partial charge in [0.15, 0.2) is 0 Å². The molecular formula is C17H25N3. The lowest BCUT2D eigenvalue weighted by Gasteiger charge is -2.23. The number of hydrogen-bond donors (Lipinski definition) is 2. The third-order valence-electron chi connectivity index (χ3n) is 3.86. The van der Waals surface area contributed by atoms with Crippen LogP contribution in [0.3, 0.4) is 0 Å². The van der Waals surface area contributed by atoms with Crippen LogP contribution in [0.25, 0.3) is 0 Å². The lowest BCUT2D eigenvalue weighted by molar-refractivity contribution is 0.410. The molecule has 0 aliphatic rings. The van der Waals surface area contributed by atoms with Crippen molar-refractivity contribution in [1.82, 2.24) is 15.5 Å². The molecule has 1 heterocycles. The number of aryl methyl sites for hydroxylation is 2. The summed E-state index contributed by atoms with van der Waals surface area (Å²) in [6.45, 7) is 9.61. The van der Waals surface area contributed by atoms with Crippen LogP contribution in [0.2, 0.25) is 0 Å². The first-order chi connectivity index (χ1) is 9.61. The van der Waals surface area contributed by atoms with Crippen molar-refractivity contribution in [2.45, 2.75) is 46.7 Å². The highest BCUT2D eigenvalue weighted by molar-refractivity contribution is 5.26. The fourth-order valence-electron chi connectivity index (χ4n) is 2.47. The Morgan fingerprint density at radius 3 is 2.40 bits per heavy atom. The van der Waals surface area contributed by atoms with Crippen molar-refractivity contribution in [2.75, 3.05) is 0 Å². The van der Waals surface area contributed by atoms with Gasteiger partial charge in [-0.3, -0.25) is 5.10 Å². The number of H-pyrrole nitrogens is 1. The largest absolute Gasteiger partial charge is 0.306 e. The smallest absolute Gasteiger partial charge is 0.0535 e. The van der Waals surface area contributed by atoms with Gasteiger partial charge in [0.25, 0.3) is 0 Å². The Kier molecular flexibility index (Phi) is 4.96. The summed E-state index contributed by atoms with van der Waals surface area (Å²) in [4.78, 5) is 0. The summed E-state index contributed by atoms with van der Waals surface area (Å²) in [6, 6.07) is 9.33. The summed E-state index contributed by atoms with van der Waals surface area (Å²) in [7, 11) is 0. The van der Waals surface area contributed by atoms with Crippen molar-refractivity contribution in [1.29, 1.82) is 0 Å². The van der Waals surface area contributed by atoms with Crippen LogP contribution in [0.15, 0.2) is 30.5 Å². The Morgan fingerprint density at radius 2 is 1.90 bits per heavy atom. The molecule has 3 nitrogen and oxygen atoms in total. The van der Waals surface area contributed by atoms with E-state index in [2.05, 4.69) is 67.5 Å². The van der Waals surface area contributed by atoms with Crippen LogP contribution in [0, 0.1) is 12.8 Å². The maximum Gasteiger partial charge on any atom is 0.0535 e. The first kappa shape index (κ1) is 14.8. The molecule has 0 saturated heterocycles. The van der Waals surface area contributed by atoms with E-state index >= 15 is 0 Å². The number of benzene rings is 1. The second kappa shape index (κ2) is 6.71.